The molecule has 0 aliphatic heterocycles. The first-order valence-corrected chi connectivity index (χ1v) is 7.80. The topological polar surface area (TPSA) is 38.0 Å². The smallest absolute Gasteiger partial charge is 0.0637 e. The van der Waals surface area contributed by atoms with E-state index in [1.165, 1.54) is 0 Å². The zero-order valence-corrected chi connectivity index (χ0v) is 14.2. The van der Waals surface area contributed by atoms with Crippen LogP contribution in [0, 0.1) is 0 Å². The summed E-state index contributed by atoms with van der Waals surface area (Å²) >= 11 is 21.4. The lowest BCUT2D eigenvalue weighted by Gasteiger charge is -2.19. The minimum Gasteiger partial charge on any atom is -0.377 e. The van der Waals surface area contributed by atoms with Crippen molar-refractivity contribution in [3.8, 4) is 0 Å². The van der Waals surface area contributed by atoms with Crippen LogP contribution in [0.15, 0.2) is 40.9 Å². The fourth-order valence-corrected chi connectivity index (χ4v) is 2.88. The van der Waals surface area contributed by atoms with Gasteiger partial charge in [0.25, 0.3) is 0 Å². The lowest BCUT2D eigenvalue weighted by Crippen LogP contribution is -2.20. The van der Waals surface area contributed by atoms with E-state index in [0.29, 0.717) is 21.6 Å². The number of hydrogen-bond donors (Lipinski definition) is 2. The van der Waals surface area contributed by atoms with Crippen molar-refractivity contribution < 1.29 is 0 Å². The molecule has 1 atom stereocenters. The van der Waals surface area contributed by atoms with Gasteiger partial charge < -0.3 is 11.1 Å². The lowest BCUT2D eigenvalue weighted by atomic mass is 10.1. The van der Waals surface area contributed by atoms with Crippen molar-refractivity contribution >= 4 is 56.4 Å². The molecule has 0 aromatic heterocycles. The molecule has 2 aromatic carbocycles. The highest BCUT2D eigenvalue weighted by atomic mass is 79.9. The Morgan fingerprint density at radius 3 is 2.25 bits per heavy atom. The van der Waals surface area contributed by atoms with Crippen molar-refractivity contribution in [3.05, 3.63) is 61.5 Å². The average Bonchev–Trinajstić information content (AvgIpc) is 2.38. The Morgan fingerprint density at radius 2 is 1.70 bits per heavy atom. The van der Waals surface area contributed by atoms with E-state index in [1.54, 1.807) is 6.07 Å². The molecule has 2 nitrogen and oxygen atoms in total. The molecule has 20 heavy (non-hydrogen) atoms. The van der Waals surface area contributed by atoms with Crippen LogP contribution in [0.25, 0.3) is 0 Å². The van der Waals surface area contributed by atoms with Gasteiger partial charge in [-0.1, -0.05) is 34.8 Å². The summed E-state index contributed by atoms with van der Waals surface area (Å²) in [6, 6.07) is 10.9. The molecule has 0 amide bonds. The number of benzene rings is 2. The van der Waals surface area contributed by atoms with Crippen LogP contribution >= 0.6 is 50.7 Å². The van der Waals surface area contributed by atoms with Crippen LogP contribution in [0.3, 0.4) is 0 Å². The predicted molar refractivity (Wildman–Crippen MR) is 91.0 cm³/mol. The second-order valence-corrected chi connectivity index (χ2v) is 6.40. The molecule has 0 radical (unpaired) electrons. The third kappa shape index (κ3) is 4.03. The number of nitrogens with one attached hydrogen (secondary N) is 1. The summed E-state index contributed by atoms with van der Waals surface area (Å²) < 4.78 is 0.823. The summed E-state index contributed by atoms with van der Waals surface area (Å²) in [5.74, 6) is 0. The Balaban J connectivity index is 2.26. The molecule has 2 aromatic rings. The lowest BCUT2D eigenvalue weighted by molar-refractivity contribution is 0.790. The Hall–Kier alpha value is -0.450. The minimum atomic E-state index is -0.0840. The van der Waals surface area contributed by atoms with Crippen LogP contribution in [0.5, 0.6) is 0 Å². The van der Waals surface area contributed by atoms with Crippen molar-refractivity contribution in [3.63, 3.8) is 0 Å². The first kappa shape index (κ1) is 15.9. The van der Waals surface area contributed by atoms with Gasteiger partial charge in [0.15, 0.2) is 0 Å². The van der Waals surface area contributed by atoms with E-state index in [4.69, 9.17) is 40.5 Å². The number of nitrogens with two attached hydrogens (primary N) is 1. The average molecular weight is 395 g/mol. The molecule has 0 saturated carbocycles. The highest BCUT2D eigenvalue weighted by Crippen LogP contribution is 2.29. The summed E-state index contributed by atoms with van der Waals surface area (Å²) in [7, 11) is 0. The molecule has 2 rings (SSSR count). The van der Waals surface area contributed by atoms with Gasteiger partial charge >= 0.3 is 0 Å². The second kappa shape index (κ2) is 7.01. The Kier molecular flexibility index (Phi) is 5.58. The number of rotatable bonds is 4. The molecule has 0 aliphatic carbocycles. The third-order valence-corrected chi connectivity index (χ3v) is 4.43. The van der Waals surface area contributed by atoms with E-state index in [2.05, 4.69) is 21.2 Å². The number of anilines is 1. The Labute approximate surface area is 141 Å². The van der Waals surface area contributed by atoms with Crippen molar-refractivity contribution in [2.75, 3.05) is 11.9 Å². The predicted octanol–water partition coefficient (Wildman–Crippen LogP) is 5.52. The van der Waals surface area contributed by atoms with Crippen LogP contribution in [-0.4, -0.2) is 6.54 Å². The van der Waals surface area contributed by atoms with Gasteiger partial charge in [0.1, 0.15) is 0 Å². The van der Waals surface area contributed by atoms with Crippen LogP contribution in [-0.2, 0) is 0 Å². The molecule has 0 saturated heterocycles. The molecule has 6 heteroatoms. The monoisotopic (exact) mass is 392 g/mol. The van der Waals surface area contributed by atoms with Crippen molar-refractivity contribution in [1.29, 1.82) is 0 Å². The highest BCUT2D eigenvalue weighted by Gasteiger charge is 2.12. The van der Waals surface area contributed by atoms with Crippen LogP contribution in [0.2, 0.25) is 15.1 Å². The standard InChI is InChI=1S/C14H12BrCl3N2/c15-12-6-11(1-2-13(12)18)20-14(7-19)8-3-9(16)5-10(17)4-8/h1-6,14,20H,7,19H2. The zero-order valence-electron chi connectivity index (χ0n) is 10.3. The maximum absolute atomic E-state index is 6.02. The molecule has 106 valence electrons. The van der Waals surface area contributed by atoms with Crippen molar-refractivity contribution in [2.24, 2.45) is 5.73 Å². The molecule has 0 bridgehead atoms. The van der Waals surface area contributed by atoms with E-state index >= 15 is 0 Å². The largest absolute Gasteiger partial charge is 0.377 e. The molecule has 0 heterocycles. The van der Waals surface area contributed by atoms with Gasteiger partial charge in [0.05, 0.1) is 11.1 Å². The summed E-state index contributed by atoms with van der Waals surface area (Å²) in [4.78, 5) is 0. The van der Waals surface area contributed by atoms with Crippen LogP contribution in [0.1, 0.15) is 11.6 Å². The third-order valence-electron chi connectivity index (χ3n) is 2.78. The fourth-order valence-electron chi connectivity index (χ4n) is 1.84. The van der Waals surface area contributed by atoms with Gasteiger partial charge in [-0.05, 0) is 57.9 Å². The maximum atomic E-state index is 6.02. The molecule has 0 fully saturated rings. The minimum absolute atomic E-state index is 0.0840. The van der Waals surface area contributed by atoms with Gasteiger partial charge in [-0.3, -0.25) is 0 Å². The van der Waals surface area contributed by atoms with Gasteiger partial charge in [0, 0.05) is 26.8 Å². The first-order valence-electron chi connectivity index (χ1n) is 5.87. The van der Waals surface area contributed by atoms with E-state index in [1.807, 2.05) is 30.3 Å². The maximum Gasteiger partial charge on any atom is 0.0637 e. The Morgan fingerprint density at radius 1 is 1.05 bits per heavy atom. The van der Waals surface area contributed by atoms with Gasteiger partial charge in [0.2, 0.25) is 0 Å². The van der Waals surface area contributed by atoms with Gasteiger partial charge in [-0.2, -0.15) is 0 Å². The second-order valence-electron chi connectivity index (χ2n) is 4.26. The van der Waals surface area contributed by atoms with Gasteiger partial charge in [-0.15, -0.1) is 0 Å². The Bertz CT molecular complexity index is 599. The molecular formula is C14H12BrCl3N2. The summed E-state index contributed by atoms with van der Waals surface area (Å²) in [6.45, 7) is 0.414. The molecule has 0 aliphatic rings. The molecule has 0 spiro atoms. The molecule has 1 unspecified atom stereocenters. The first-order chi connectivity index (χ1) is 9.49. The SMILES string of the molecule is NCC(Nc1ccc(Cl)c(Br)c1)c1cc(Cl)cc(Cl)c1. The normalized spacial score (nSPS) is 12.2. The van der Waals surface area contributed by atoms with Crippen molar-refractivity contribution in [1.82, 2.24) is 0 Å². The summed E-state index contributed by atoms with van der Waals surface area (Å²) in [5.41, 5.74) is 7.69. The fraction of sp³-hybridized carbons (Fsp3) is 0.143. The number of hydrogen-bond acceptors (Lipinski definition) is 2. The molecule has 3 N–H and O–H groups in total. The highest BCUT2D eigenvalue weighted by molar-refractivity contribution is 9.10. The van der Waals surface area contributed by atoms with E-state index in [9.17, 15) is 0 Å². The van der Waals surface area contributed by atoms with Crippen LogP contribution < -0.4 is 11.1 Å². The van der Waals surface area contributed by atoms with E-state index < -0.39 is 0 Å². The quantitative estimate of drug-likeness (QED) is 0.716. The van der Waals surface area contributed by atoms with E-state index in [-0.39, 0.29) is 6.04 Å². The zero-order chi connectivity index (χ0) is 14.7. The molecular weight excluding hydrogens is 382 g/mol. The summed E-state index contributed by atoms with van der Waals surface area (Å²) in [5, 5.41) is 5.17. The van der Waals surface area contributed by atoms with Crippen molar-refractivity contribution in [2.45, 2.75) is 6.04 Å². The number of halogens is 4. The van der Waals surface area contributed by atoms with Gasteiger partial charge in [-0.25, -0.2) is 0 Å². The van der Waals surface area contributed by atoms with E-state index in [0.717, 1.165) is 15.7 Å². The van der Waals surface area contributed by atoms with Crippen LogP contribution in [0.4, 0.5) is 5.69 Å². The summed E-state index contributed by atoms with van der Waals surface area (Å²) in [6.07, 6.45) is 0.